The minimum absolute atomic E-state index is 0.0947. The SMILES string of the molecule is c1ccc(C2NC(c3cccc4c3oc3cc(-c5ccc6oc7ccccc7c6c5)ccc34)NC(c3cccc4sc5ccccc5c34)N2)cc1. The predicted molar refractivity (Wildman–Crippen MR) is 210 cm³/mol. The monoisotopic (exact) mass is 677 g/mol. The summed E-state index contributed by atoms with van der Waals surface area (Å²) in [5, 5.41) is 18.8. The second-order valence-electron chi connectivity index (χ2n) is 13.4. The highest BCUT2D eigenvalue weighted by Gasteiger charge is 2.32. The Hall–Kier alpha value is -5.76. The lowest BCUT2D eigenvalue weighted by Crippen LogP contribution is -2.54. The van der Waals surface area contributed by atoms with E-state index in [1.165, 1.54) is 31.3 Å². The Kier molecular flexibility index (Phi) is 6.48. The molecule has 0 saturated carbocycles. The third-order valence-corrected chi connectivity index (χ3v) is 11.6. The molecule has 11 rings (SSSR count). The van der Waals surface area contributed by atoms with E-state index in [0.29, 0.717) is 0 Å². The number of fused-ring (bicyclic) bond motifs is 9. The normalized spacial score (nSPS) is 18.2. The molecule has 3 N–H and O–H groups in total. The zero-order valence-corrected chi connectivity index (χ0v) is 28.2. The topological polar surface area (TPSA) is 62.4 Å². The van der Waals surface area contributed by atoms with Crippen LogP contribution in [-0.4, -0.2) is 0 Å². The zero-order chi connectivity index (χ0) is 33.5. The van der Waals surface area contributed by atoms with E-state index >= 15 is 0 Å². The fourth-order valence-corrected chi connectivity index (χ4v) is 9.16. The van der Waals surface area contributed by atoms with Crippen molar-refractivity contribution in [2.24, 2.45) is 0 Å². The summed E-state index contributed by atoms with van der Waals surface area (Å²) in [7, 11) is 0. The number of thiophene rings is 1. The second-order valence-corrected chi connectivity index (χ2v) is 14.5. The maximum atomic E-state index is 6.82. The van der Waals surface area contributed by atoms with Gasteiger partial charge in [-0.25, -0.2) is 0 Å². The molecule has 1 saturated heterocycles. The summed E-state index contributed by atoms with van der Waals surface area (Å²) in [5.41, 5.74) is 9.28. The van der Waals surface area contributed by atoms with Crippen molar-refractivity contribution in [3.05, 3.63) is 168 Å². The molecule has 10 aromatic rings. The van der Waals surface area contributed by atoms with Crippen LogP contribution in [0, 0.1) is 0 Å². The van der Waals surface area contributed by atoms with E-state index in [4.69, 9.17) is 8.83 Å². The van der Waals surface area contributed by atoms with Crippen LogP contribution in [0.5, 0.6) is 0 Å². The van der Waals surface area contributed by atoms with E-state index in [1.807, 2.05) is 23.5 Å². The van der Waals surface area contributed by atoms with Crippen LogP contribution in [0.15, 0.2) is 160 Å². The van der Waals surface area contributed by atoms with Crippen LogP contribution in [0.3, 0.4) is 0 Å². The van der Waals surface area contributed by atoms with Crippen LogP contribution in [0.1, 0.15) is 35.2 Å². The van der Waals surface area contributed by atoms with Gasteiger partial charge in [0.15, 0.2) is 0 Å². The van der Waals surface area contributed by atoms with Crippen molar-refractivity contribution in [2.75, 3.05) is 0 Å². The molecule has 7 aromatic carbocycles. The van der Waals surface area contributed by atoms with E-state index in [0.717, 1.165) is 60.6 Å². The van der Waals surface area contributed by atoms with Gasteiger partial charge in [0.1, 0.15) is 22.3 Å². The van der Waals surface area contributed by atoms with Crippen molar-refractivity contribution >= 4 is 75.4 Å². The molecule has 244 valence electrons. The van der Waals surface area contributed by atoms with Gasteiger partial charge < -0.3 is 8.83 Å². The first-order valence-electron chi connectivity index (χ1n) is 17.4. The number of benzene rings is 7. The highest BCUT2D eigenvalue weighted by molar-refractivity contribution is 7.25. The van der Waals surface area contributed by atoms with Crippen LogP contribution < -0.4 is 16.0 Å². The highest BCUT2D eigenvalue weighted by Crippen LogP contribution is 2.41. The lowest BCUT2D eigenvalue weighted by molar-refractivity contribution is 0.204. The Morgan fingerprint density at radius 3 is 1.98 bits per heavy atom. The van der Waals surface area contributed by atoms with Crippen molar-refractivity contribution in [1.29, 1.82) is 0 Å². The first kappa shape index (κ1) is 29.0. The maximum absolute atomic E-state index is 6.82. The molecule has 0 bridgehead atoms. The molecular formula is C45H31N3O2S. The molecule has 1 aliphatic heterocycles. The second kappa shape index (κ2) is 11.4. The molecule has 1 fully saturated rings. The summed E-state index contributed by atoms with van der Waals surface area (Å²) in [6.45, 7) is 0. The largest absolute Gasteiger partial charge is 0.456 e. The number of rotatable bonds is 4. The fraction of sp³-hybridized carbons (Fsp3) is 0.0667. The Morgan fingerprint density at radius 2 is 1.06 bits per heavy atom. The molecule has 51 heavy (non-hydrogen) atoms. The molecule has 0 radical (unpaired) electrons. The molecule has 4 heterocycles. The summed E-state index contributed by atoms with van der Waals surface area (Å²) in [6.07, 6.45) is -0.409. The third-order valence-electron chi connectivity index (χ3n) is 10.4. The van der Waals surface area contributed by atoms with Gasteiger partial charge in [-0.1, -0.05) is 109 Å². The van der Waals surface area contributed by atoms with Gasteiger partial charge in [0.2, 0.25) is 0 Å². The van der Waals surface area contributed by atoms with Crippen molar-refractivity contribution in [3.63, 3.8) is 0 Å². The Labute approximate surface area is 297 Å². The molecule has 0 amide bonds. The number of hydrogen-bond donors (Lipinski definition) is 3. The van der Waals surface area contributed by atoms with E-state index in [2.05, 4.69) is 155 Å². The molecule has 5 nitrogen and oxygen atoms in total. The number of para-hydroxylation sites is 2. The molecule has 0 aliphatic carbocycles. The van der Waals surface area contributed by atoms with E-state index in [-0.39, 0.29) is 18.5 Å². The lowest BCUT2D eigenvalue weighted by atomic mass is 9.99. The number of hydrogen-bond acceptors (Lipinski definition) is 6. The van der Waals surface area contributed by atoms with Gasteiger partial charge in [0.05, 0.1) is 18.5 Å². The van der Waals surface area contributed by atoms with E-state index in [9.17, 15) is 0 Å². The third kappa shape index (κ3) is 4.65. The Balaban J connectivity index is 1.02. The highest BCUT2D eigenvalue weighted by atomic mass is 32.1. The van der Waals surface area contributed by atoms with E-state index < -0.39 is 0 Å². The molecule has 3 aromatic heterocycles. The summed E-state index contributed by atoms with van der Waals surface area (Å²) in [5.74, 6) is 0. The standard InChI is InChI=1S/C45H31N3O2S/c1-2-10-26(11-3-1)43-46-44(33-15-9-19-40-41(33)32-13-5-7-18-39(32)51-40)48-45(47-43)34-16-8-14-31-30-22-20-28(25-38(30)50-42(31)34)27-21-23-37-35(24-27)29-12-4-6-17-36(29)49-37/h1-25,43-48H. The summed E-state index contributed by atoms with van der Waals surface area (Å²) < 4.78 is 15.5. The average molecular weight is 678 g/mol. The number of furan rings is 2. The van der Waals surface area contributed by atoms with Gasteiger partial charge in [0.25, 0.3) is 0 Å². The van der Waals surface area contributed by atoms with Crippen molar-refractivity contribution in [3.8, 4) is 11.1 Å². The van der Waals surface area contributed by atoms with Gasteiger partial charge in [0, 0.05) is 47.3 Å². The quantitative estimate of drug-likeness (QED) is 0.173. The van der Waals surface area contributed by atoms with Gasteiger partial charge in [-0.05, 0) is 64.7 Å². The molecule has 3 atom stereocenters. The van der Waals surface area contributed by atoms with Crippen molar-refractivity contribution < 1.29 is 8.83 Å². The molecule has 3 unspecified atom stereocenters. The lowest BCUT2D eigenvalue weighted by Gasteiger charge is -2.39. The first-order chi connectivity index (χ1) is 25.2. The van der Waals surface area contributed by atoms with Crippen LogP contribution in [0.2, 0.25) is 0 Å². The maximum Gasteiger partial charge on any atom is 0.141 e. The summed E-state index contributed by atoms with van der Waals surface area (Å²) in [6, 6.07) is 53.7. The van der Waals surface area contributed by atoms with Gasteiger partial charge in [-0.2, -0.15) is 0 Å². The molecule has 0 spiro atoms. The van der Waals surface area contributed by atoms with Gasteiger partial charge in [-0.3, -0.25) is 16.0 Å². The Morgan fingerprint density at radius 1 is 0.412 bits per heavy atom. The van der Waals surface area contributed by atoms with Crippen LogP contribution >= 0.6 is 11.3 Å². The van der Waals surface area contributed by atoms with Crippen LogP contribution in [0.4, 0.5) is 0 Å². The van der Waals surface area contributed by atoms with Crippen molar-refractivity contribution in [1.82, 2.24) is 16.0 Å². The Bertz CT molecular complexity index is 2940. The predicted octanol–water partition coefficient (Wildman–Crippen LogP) is 11.7. The fourth-order valence-electron chi connectivity index (χ4n) is 8.02. The minimum Gasteiger partial charge on any atom is -0.456 e. The average Bonchev–Trinajstić information content (AvgIpc) is 3.88. The number of nitrogens with one attached hydrogen (secondary N) is 3. The van der Waals surface area contributed by atoms with Gasteiger partial charge in [-0.15, -0.1) is 11.3 Å². The smallest absolute Gasteiger partial charge is 0.141 e. The summed E-state index contributed by atoms with van der Waals surface area (Å²) >= 11 is 1.85. The van der Waals surface area contributed by atoms with Crippen LogP contribution in [-0.2, 0) is 0 Å². The molecule has 6 heteroatoms. The first-order valence-corrected chi connectivity index (χ1v) is 18.2. The zero-order valence-electron chi connectivity index (χ0n) is 27.4. The minimum atomic E-state index is -0.192. The molecule has 1 aliphatic rings. The van der Waals surface area contributed by atoms with Gasteiger partial charge >= 0.3 is 0 Å². The molecular weight excluding hydrogens is 647 g/mol. The summed E-state index contributed by atoms with van der Waals surface area (Å²) in [4.78, 5) is 0. The van der Waals surface area contributed by atoms with Crippen molar-refractivity contribution in [2.45, 2.75) is 18.5 Å². The van der Waals surface area contributed by atoms with E-state index in [1.54, 1.807) is 0 Å². The van der Waals surface area contributed by atoms with Crippen LogP contribution in [0.25, 0.3) is 75.2 Å².